The Morgan fingerprint density at radius 3 is 3.19 bits per heavy atom. The van der Waals surface area contributed by atoms with Crippen molar-refractivity contribution in [1.29, 1.82) is 0 Å². The normalized spacial score (nSPS) is 17.3. The Hall–Kier alpha value is -1.62. The summed E-state index contributed by atoms with van der Waals surface area (Å²) in [6, 6.07) is 2.64. The van der Waals surface area contributed by atoms with E-state index >= 15 is 0 Å². The number of nitrogens with one attached hydrogen (secondary N) is 2. The molecule has 2 aromatic heterocycles. The SMILES string of the molecule is CCCNc1ncc(C)c(NC2CCCc3sccc32)n1. The van der Waals surface area contributed by atoms with Crippen LogP contribution in [0.25, 0.3) is 0 Å². The van der Waals surface area contributed by atoms with Crippen LogP contribution in [0.15, 0.2) is 17.6 Å². The molecule has 3 rings (SSSR count). The third-order valence-electron chi connectivity index (χ3n) is 3.87. The average Bonchev–Trinajstić information content (AvgIpc) is 2.97. The van der Waals surface area contributed by atoms with E-state index < -0.39 is 0 Å². The fraction of sp³-hybridized carbons (Fsp3) is 0.500. The highest BCUT2D eigenvalue weighted by Gasteiger charge is 2.22. The molecule has 1 atom stereocenters. The summed E-state index contributed by atoms with van der Waals surface area (Å²) in [5, 5.41) is 9.08. The van der Waals surface area contributed by atoms with Crippen LogP contribution in [0, 0.1) is 6.92 Å². The van der Waals surface area contributed by atoms with Gasteiger partial charge in [-0.1, -0.05) is 6.92 Å². The van der Waals surface area contributed by atoms with E-state index in [9.17, 15) is 0 Å². The maximum atomic E-state index is 4.63. The van der Waals surface area contributed by atoms with E-state index in [1.807, 2.05) is 17.5 Å². The number of aryl methyl sites for hydroxylation is 2. The molecule has 0 aliphatic heterocycles. The van der Waals surface area contributed by atoms with Gasteiger partial charge >= 0.3 is 0 Å². The third-order valence-corrected chi connectivity index (χ3v) is 4.86. The van der Waals surface area contributed by atoms with Crippen molar-refractivity contribution >= 4 is 23.1 Å². The maximum absolute atomic E-state index is 4.63. The second-order valence-electron chi connectivity index (χ2n) is 5.54. The van der Waals surface area contributed by atoms with Crippen LogP contribution < -0.4 is 10.6 Å². The van der Waals surface area contributed by atoms with Gasteiger partial charge in [-0.15, -0.1) is 11.3 Å². The van der Waals surface area contributed by atoms with Crippen molar-refractivity contribution in [3.05, 3.63) is 33.6 Å². The first-order valence-corrected chi connectivity index (χ1v) is 8.56. The first kappa shape index (κ1) is 14.3. The first-order valence-electron chi connectivity index (χ1n) is 7.68. The number of fused-ring (bicyclic) bond motifs is 1. The summed E-state index contributed by atoms with van der Waals surface area (Å²) in [6.07, 6.45) is 6.60. The summed E-state index contributed by atoms with van der Waals surface area (Å²) < 4.78 is 0. The monoisotopic (exact) mass is 302 g/mol. The van der Waals surface area contributed by atoms with Crippen LogP contribution >= 0.6 is 11.3 Å². The fourth-order valence-corrected chi connectivity index (χ4v) is 3.70. The molecule has 0 bridgehead atoms. The summed E-state index contributed by atoms with van der Waals surface area (Å²) in [7, 11) is 0. The second-order valence-corrected chi connectivity index (χ2v) is 6.54. The quantitative estimate of drug-likeness (QED) is 0.871. The van der Waals surface area contributed by atoms with E-state index in [4.69, 9.17) is 0 Å². The number of hydrogen-bond donors (Lipinski definition) is 2. The molecular weight excluding hydrogens is 280 g/mol. The summed E-state index contributed by atoms with van der Waals surface area (Å²) in [6.45, 7) is 5.10. The van der Waals surface area contributed by atoms with E-state index in [1.165, 1.54) is 29.7 Å². The molecule has 0 radical (unpaired) electrons. The van der Waals surface area contributed by atoms with Gasteiger partial charge in [0.2, 0.25) is 5.95 Å². The van der Waals surface area contributed by atoms with Crippen LogP contribution in [-0.2, 0) is 6.42 Å². The molecule has 2 heterocycles. The van der Waals surface area contributed by atoms with Gasteiger partial charge in [0.15, 0.2) is 0 Å². The predicted octanol–water partition coefficient (Wildman–Crippen LogP) is 4.16. The first-order chi connectivity index (χ1) is 10.3. The van der Waals surface area contributed by atoms with Crippen LogP contribution in [0.3, 0.4) is 0 Å². The average molecular weight is 302 g/mol. The largest absolute Gasteiger partial charge is 0.363 e. The molecule has 0 spiro atoms. The number of rotatable bonds is 5. The third kappa shape index (κ3) is 3.18. The van der Waals surface area contributed by atoms with E-state index in [0.717, 1.165) is 24.3 Å². The topological polar surface area (TPSA) is 49.8 Å². The van der Waals surface area contributed by atoms with E-state index in [-0.39, 0.29) is 0 Å². The van der Waals surface area contributed by atoms with Gasteiger partial charge in [0.05, 0.1) is 6.04 Å². The molecule has 0 saturated heterocycles. The Morgan fingerprint density at radius 1 is 1.43 bits per heavy atom. The summed E-state index contributed by atoms with van der Waals surface area (Å²) in [4.78, 5) is 10.5. The van der Waals surface area contributed by atoms with Crippen LogP contribution in [-0.4, -0.2) is 16.5 Å². The van der Waals surface area contributed by atoms with Crippen LogP contribution in [0.5, 0.6) is 0 Å². The van der Waals surface area contributed by atoms with Gasteiger partial charge in [-0.3, -0.25) is 0 Å². The van der Waals surface area contributed by atoms with Crippen molar-refractivity contribution in [1.82, 2.24) is 9.97 Å². The number of hydrogen-bond acceptors (Lipinski definition) is 5. The molecule has 1 aliphatic rings. The summed E-state index contributed by atoms with van der Waals surface area (Å²) in [5.74, 6) is 1.67. The molecule has 0 amide bonds. The van der Waals surface area contributed by atoms with Crippen LogP contribution in [0.1, 0.15) is 48.2 Å². The zero-order chi connectivity index (χ0) is 14.7. The lowest BCUT2D eigenvalue weighted by Crippen LogP contribution is -2.17. The zero-order valence-corrected chi connectivity index (χ0v) is 13.5. The Labute approximate surface area is 130 Å². The van der Waals surface area contributed by atoms with Gasteiger partial charge in [-0.05, 0) is 49.6 Å². The Morgan fingerprint density at radius 2 is 2.33 bits per heavy atom. The van der Waals surface area contributed by atoms with E-state index in [2.05, 4.69) is 45.9 Å². The minimum atomic E-state index is 0.382. The molecule has 1 unspecified atom stereocenters. The number of thiophene rings is 1. The van der Waals surface area contributed by atoms with Gasteiger partial charge in [-0.25, -0.2) is 4.98 Å². The minimum absolute atomic E-state index is 0.382. The van der Waals surface area contributed by atoms with Crippen molar-refractivity contribution in [2.24, 2.45) is 0 Å². The van der Waals surface area contributed by atoms with Crippen molar-refractivity contribution in [2.75, 3.05) is 17.2 Å². The second kappa shape index (κ2) is 6.43. The smallest absolute Gasteiger partial charge is 0.224 e. The van der Waals surface area contributed by atoms with Crippen LogP contribution in [0.2, 0.25) is 0 Å². The van der Waals surface area contributed by atoms with Gasteiger partial charge in [0.25, 0.3) is 0 Å². The Kier molecular flexibility index (Phi) is 4.39. The number of anilines is 2. The van der Waals surface area contributed by atoms with Gasteiger partial charge in [0.1, 0.15) is 5.82 Å². The molecule has 0 saturated carbocycles. The number of aromatic nitrogens is 2. The van der Waals surface area contributed by atoms with E-state index in [0.29, 0.717) is 12.0 Å². The fourth-order valence-electron chi connectivity index (χ4n) is 2.71. The molecule has 21 heavy (non-hydrogen) atoms. The molecule has 4 nitrogen and oxygen atoms in total. The molecule has 5 heteroatoms. The van der Waals surface area contributed by atoms with Gasteiger partial charge in [0, 0.05) is 23.2 Å². The van der Waals surface area contributed by atoms with Gasteiger partial charge in [-0.2, -0.15) is 4.98 Å². The van der Waals surface area contributed by atoms with Crippen molar-refractivity contribution in [3.63, 3.8) is 0 Å². The number of nitrogens with zero attached hydrogens (tertiary/aromatic N) is 2. The highest BCUT2D eigenvalue weighted by atomic mass is 32.1. The summed E-state index contributed by atoms with van der Waals surface area (Å²) >= 11 is 1.87. The maximum Gasteiger partial charge on any atom is 0.224 e. The zero-order valence-electron chi connectivity index (χ0n) is 12.6. The molecule has 0 fully saturated rings. The molecule has 0 aromatic carbocycles. The molecule has 112 valence electrons. The minimum Gasteiger partial charge on any atom is -0.363 e. The van der Waals surface area contributed by atoms with Crippen molar-refractivity contribution < 1.29 is 0 Å². The lowest BCUT2D eigenvalue weighted by atomic mass is 9.94. The lowest BCUT2D eigenvalue weighted by Gasteiger charge is -2.25. The highest BCUT2D eigenvalue weighted by Crippen LogP contribution is 2.35. The summed E-state index contributed by atoms with van der Waals surface area (Å²) in [5.41, 5.74) is 2.55. The standard InChI is InChI=1S/C16H22N4S/c1-3-8-17-16-18-10-11(2)15(20-16)19-13-5-4-6-14-12(13)7-9-21-14/h7,9-10,13H,3-6,8H2,1-2H3,(H2,17,18,19,20). The molecule has 2 aromatic rings. The molecular formula is C16H22N4S. The van der Waals surface area contributed by atoms with Crippen molar-refractivity contribution in [2.45, 2.75) is 45.6 Å². The molecule has 2 N–H and O–H groups in total. The van der Waals surface area contributed by atoms with E-state index in [1.54, 1.807) is 0 Å². The van der Waals surface area contributed by atoms with Crippen molar-refractivity contribution in [3.8, 4) is 0 Å². The molecule has 1 aliphatic carbocycles. The van der Waals surface area contributed by atoms with Crippen LogP contribution in [0.4, 0.5) is 11.8 Å². The highest BCUT2D eigenvalue weighted by molar-refractivity contribution is 7.10. The Bertz CT molecular complexity index is 608. The van der Waals surface area contributed by atoms with Gasteiger partial charge < -0.3 is 10.6 Å². The predicted molar refractivity (Wildman–Crippen MR) is 89.2 cm³/mol. The lowest BCUT2D eigenvalue weighted by molar-refractivity contribution is 0.606. The Balaban J connectivity index is 1.79.